The first kappa shape index (κ1) is 11.5. The molecule has 88 valence electrons. The van der Waals surface area contributed by atoms with Crippen molar-refractivity contribution in [1.82, 2.24) is 9.55 Å². The van der Waals surface area contributed by atoms with E-state index >= 15 is 0 Å². The molecule has 1 aromatic carbocycles. The van der Waals surface area contributed by atoms with Crippen molar-refractivity contribution in [2.45, 2.75) is 5.88 Å². The van der Waals surface area contributed by atoms with E-state index < -0.39 is 4.92 Å². The second-order valence-corrected chi connectivity index (χ2v) is 3.75. The summed E-state index contributed by atoms with van der Waals surface area (Å²) in [6, 6.07) is 3.96. The molecule has 0 saturated heterocycles. The van der Waals surface area contributed by atoms with Crippen LogP contribution in [0, 0.1) is 10.1 Å². The van der Waals surface area contributed by atoms with E-state index in [2.05, 4.69) is 4.98 Å². The van der Waals surface area contributed by atoms with Gasteiger partial charge in [-0.1, -0.05) is 0 Å². The summed E-state index contributed by atoms with van der Waals surface area (Å²) in [5, 5.41) is 11.0. The van der Waals surface area contributed by atoms with Crippen molar-refractivity contribution in [2.24, 2.45) is 7.05 Å². The number of halogens is 1. The van der Waals surface area contributed by atoms with Gasteiger partial charge >= 0.3 is 0 Å². The lowest BCUT2D eigenvalue weighted by molar-refractivity contribution is -0.384. The molecule has 1 aromatic heterocycles. The van der Waals surface area contributed by atoms with E-state index in [9.17, 15) is 14.9 Å². The lowest BCUT2D eigenvalue weighted by atomic mass is 10.2. The summed E-state index contributed by atoms with van der Waals surface area (Å²) in [6.45, 7) is 0. The predicted octanol–water partition coefficient (Wildman–Crippen LogP) is 1.58. The second-order valence-electron chi connectivity index (χ2n) is 3.48. The largest absolute Gasteiger partial charge is 0.298 e. The molecule has 0 N–H and O–H groups in total. The molecule has 6 nitrogen and oxygen atoms in total. The molecule has 0 fully saturated rings. The molecule has 0 aliphatic heterocycles. The molecule has 1 heterocycles. The third-order valence-corrected chi connectivity index (χ3v) is 2.72. The van der Waals surface area contributed by atoms with Crippen molar-refractivity contribution in [3.63, 3.8) is 0 Å². The molecule has 0 atom stereocenters. The molecule has 2 aromatic rings. The fourth-order valence-corrected chi connectivity index (χ4v) is 1.78. The zero-order chi connectivity index (χ0) is 12.6. The van der Waals surface area contributed by atoms with E-state index in [1.165, 1.54) is 22.8 Å². The third-order valence-electron chi connectivity index (χ3n) is 2.48. The minimum absolute atomic E-state index is 0.0738. The summed E-state index contributed by atoms with van der Waals surface area (Å²) in [5.74, 6) is 0.453. The number of nitro groups is 1. The van der Waals surface area contributed by atoms with Crippen LogP contribution in [0.1, 0.15) is 5.82 Å². The number of hydrogen-bond donors (Lipinski definition) is 0. The van der Waals surface area contributed by atoms with Gasteiger partial charge in [0, 0.05) is 19.2 Å². The lowest BCUT2D eigenvalue weighted by Gasteiger charge is -2.05. The van der Waals surface area contributed by atoms with Crippen molar-refractivity contribution >= 4 is 28.2 Å². The molecule has 7 heteroatoms. The van der Waals surface area contributed by atoms with Gasteiger partial charge in [-0.25, -0.2) is 4.98 Å². The van der Waals surface area contributed by atoms with Crippen LogP contribution in [0.25, 0.3) is 10.9 Å². The van der Waals surface area contributed by atoms with Gasteiger partial charge in [-0.3, -0.25) is 19.5 Å². The predicted molar refractivity (Wildman–Crippen MR) is 63.2 cm³/mol. The summed E-state index contributed by atoms with van der Waals surface area (Å²) in [4.78, 5) is 26.1. The summed E-state index contributed by atoms with van der Waals surface area (Å²) >= 11 is 5.65. The molecule has 0 unspecified atom stereocenters. The monoisotopic (exact) mass is 253 g/mol. The quantitative estimate of drug-likeness (QED) is 0.462. The van der Waals surface area contributed by atoms with E-state index in [1.54, 1.807) is 7.05 Å². The van der Waals surface area contributed by atoms with Crippen LogP contribution in [0.3, 0.4) is 0 Å². The first-order valence-electron chi connectivity index (χ1n) is 4.74. The topological polar surface area (TPSA) is 78.0 Å². The maximum Gasteiger partial charge on any atom is 0.271 e. The molecule has 2 rings (SSSR count). The Bertz CT molecular complexity index is 666. The van der Waals surface area contributed by atoms with Crippen LogP contribution in [-0.2, 0) is 12.9 Å². The van der Waals surface area contributed by atoms with Crippen molar-refractivity contribution in [1.29, 1.82) is 0 Å². The number of hydrogen-bond acceptors (Lipinski definition) is 4. The molecule has 0 aliphatic carbocycles. The molecule has 0 amide bonds. The molecular weight excluding hydrogens is 246 g/mol. The molecule has 17 heavy (non-hydrogen) atoms. The summed E-state index contributed by atoms with van der Waals surface area (Å²) in [5.41, 5.74) is -0.0720. The molecule has 0 aliphatic rings. The highest BCUT2D eigenvalue weighted by atomic mass is 35.5. The highest BCUT2D eigenvalue weighted by Gasteiger charge is 2.11. The van der Waals surface area contributed by atoms with Gasteiger partial charge < -0.3 is 0 Å². The van der Waals surface area contributed by atoms with Gasteiger partial charge in [0.2, 0.25) is 0 Å². The molecule has 0 radical (unpaired) electrons. The number of aromatic nitrogens is 2. The number of fused-ring (bicyclic) bond motifs is 1. The second kappa shape index (κ2) is 4.14. The molecule has 0 bridgehead atoms. The first-order chi connectivity index (χ1) is 8.04. The molecule has 0 spiro atoms. The summed E-state index contributed by atoms with van der Waals surface area (Å²) < 4.78 is 1.33. The van der Waals surface area contributed by atoms with Gasteiger partial charge in [0.15, 0.2) is 0 Å². The van der Waals surface area contributed by atoms with Crippen LogP contribution in [0.2, 0.25) is 0 Å². The Morgan fingerprint density at radius 2 is 2.24 bits per heavy atom. The number of alkyl halides is 1. The summed E-state index contributed by atoms with van der Waals surface area (Å²) in [7, 11) is 1.56. The van der Waals surface area contributed by atoms with Gasteiger partial charge in [-0.05, 0) is 6.07 Å². The van der Waals surface area contributed by atoms with Gasteiger partial charge in [-0.15, -0.1) is 11.6 Å². The molecular formula is C10H8ClN3O3. The van der Waals surface area contributed by atoms with E-state index in [4.69, 9.17) is 11.6 Å². The Morgan fingerprint density at radius 3 is 2.82 bits per heavy atom. The number of rotatable bonds is 2. The van der Waals surface area contributed by atoms with E-state index in [0.717, 1.165) is 0 Å². The van der Waals surface area contributed by atoms with Crippen molar-refractivity contribution in [3.05, 3.63) is 44.5 Å². The SMILES string of the molecule is Cn1c(CCl)nc2cc([N+](=O)[O-])ccc2c1=O. The highest BCUT2D eigenvalue weighted by Crippen LogP contribution is 2.17. The Kier molecular flexibility index (Phi) is 2.81. The van der Waals surface area contributed by atoms with Crippen molar-refractivity contribution < 1.29 is 4.92 Å². The Morgan fingerprint density at radius 1 is 1.53 bits per heavy atom. The minimum atomic E-state index is -0.529. The van der Waals surface area contributed by atoms with Crippen molar-refractivity contribution in [2.75, 3.05) is 0 Å². The number of nitro benzene ring substituents is 1. The van der Waals surface area contributed by atoms with Gasteiger partial charge in [0.25, 0.3) is 11.2 Å². The van der Waals surface area contributed by atoms with Crippen LogP contribution < -0.4 is 5.56 Å². The van der Waals surface area contributed by atoms with Gasteiger partial charge in [0.1, 0.15) is 5.82 Å². The van der Waals surface area contributed by atoms with Crippen LogP contribution >= 0.6 is 11.6 Å². The Balaban J connectivity index is 2.83. The Hall–Kier alpha value is -1.95. The maximum absolute atomic E-state index is 11.9. The van der Waals surface area contributed by atoms with Crippen LogP contribution in [0.4, 0.5) is 5.69 Å². The average Bonchev–Trinajstić information content (AvgIpc) is 2.33. The van der Waals surface area contributed by atoms with Crippen molar-refractivity contribution in [3.8, 4) is 0 Å². The first-order valence-corrected chi connectivity index (χ1v) is 5.28. The molecule has 0 saturated carbocycles. The lowest BCUT2D eigenvalue weighted by Crippen LogP contribution is -2.21. The summed E-state index contributed by atoms with van der Waals surface area (Å²) in [6.07, 6.45) is 0. The third kappa shape index (κ3) is 1.87. The fraction of sp³-hybridized carbons (Fsp3) is 0.200. The zero-order valence-corrected chi connectivity index (χ0v) is 9.64. The Labute approximate surface area is 101 Å². The van der Waals surface area contributed by atoms with Crippen LogP contribution in [0.5, 0.6) is 0 Å². The normalized spacial score (nSPS) is 10.7. The number of non-ortho nitro benzene ring substituents is 1. The van der Waals surface area contributed by atoms with E-state index in [-0.39, 0.29) is 22.6 Å². The minimum Gasteiger partial charge on any atom is -0.298 e. The smallest absolute Gasteiger partial charge is 0.271 e. The van der Waals surface area contributed by atoms with Gasteiger partial charge in [-0.2, -0.15) is 0 Å². The van der Waals surface area contributed by atoms with Gasteiger partial charge in [0.05, 0.1) is 21.7 Å². The highest BCUT2D eigenvalue weighted by molar-refractivity contribution is 6.16. The average molecular weight is 254 g/mol. The standard InChI is InChI=1S/C10H8ClN3O3/c1-13-9(5-11)12-8-4-6(14(16)17)2-3-7(8)10(13)15/h2-4H,5H2,1H3. The van der Waals surface area contributed by atoms with Crippen LogP contribution in [0.15, 0.2) is 23.0 Å². The number of benzene rings is 1. The zero-order valence-electron chi connectivity index (χ0n) is 8.88. The van der Waals surface area contributed by atoms with E-state index in [1.807, 2.05) is 0 Å². The maximum atomic E-state index is 11.9. The fourth-order valence-electron chi connectivity index (χ4n) is 1.54. The van der Waals surface area contributed by atoms with E-state index in [0.29, 0.717) is 11.2 Å². The van der Waals surface area contributed by atoms with Crippen LogP contribution in [-0.4, -0.2) is 14.5 Å². The number of nitrogens with zero attached hydrogens (tertiary/aromatic N) is 3.